The lowest BCUT2D eigenvalue weighted by Gasteiger charge is -2.35. The van der Waals surface area contributed by atoms with Crippen molar-refractivity contribution in [2.45, 2.75) is 0 Å². The first-order chi connectivity index (χ1) is 16.1. The lowest BCUT2D eigenvalue weighted by Crippen LogP contribution is -2.51. The molecule has 164 valence electrons. The quantitative estimate of drug-likeness (QED) is 0.476. The van der Waals surface area contributed by atoms with Crippen LogP contribution in [0.15, 0.2) is 65.6 Å². The number of piperazine rings is 1. The van der Waals surface area contributed by atoms with E-state index in [-0.39, 0.29) is 6.03 Å². The number of rotatable bonds is 2. The van der Waals surface area contributed by atoms with Crippen molar-refractivity contribution in [3.05, 3.63) is 76.8 Å². The Kier molecular flexibility index (Phi) is 5.11. The van der Waals surface area contributed by atoms with Crippen molar-refractivity contribution in [2.75, 3.05) is 31.1 Å². The molecule has 4 aromatic rings. The topological polar surface area (TPSA) is 100 Å². The highest BCUT2D eigenvalue weighted by Crippen LogP contribution is 2.20. The molecule has 0 N–H and O–H groups in total. The van der Waals surface area contributed by atoms with Gasteiger partial charge in [0.15, 0.2) is 11.5 Å². The summed E-state index contributed by atoms with van der Waals surface area (Å²) in [5.41, 5.74) is 2.82. The smallest absolute Gasteiger partial charge is 0.338 e. The number of benzene rings is 2. The van der Waals surface area contributed by atoms with Crippen LogP contribution in [-0.2, 0) is 7.05 Å². The molecule has 1 saturated heterocycles. The minimum Gasteiger partial charge on any atom is -0.368 e. The molecule has 5 rings (SSSR count). The zero-order valence-corrected chi connectivity index (χ0v) is 18.0. The molecule has 2 aromatic carbocycles. The van der Waals surface area contributed by atoms with E-state index in [9.17, 15) is 9.59 Å². The predicted molar refractivity (Wildman–Crippen MR) is 124 cm³/mol. The fourth-order valence-corrected chi connectivity index (χ4v) is 4.07. The summed E-state index contributed by atoms with van der Waals surface area (Å²) < 4.78 is 2.54. The van der Waals surface area contributed by atoms with E-state index in [0.717, 1.165) is 15.8 Å². The number of carbonyl (C=O) groups excluding carboxylic acids is 1. The van der Waals surface area contributed by atoms with Crippen molar-refractivity contribution in [2.24, 2.45) is 7.05 Å². The Morgan fingerprint density at radius 1 is 1.00 bits per heavy atom. The largest absolute Gasteiger partial charge is 0.368 e. The van der Waals surface area contributed by atoms with Crippen molar-refractivity contribution in [3.8, 4) is 17.5 Å². The molecule has 1 aliphatic heterocycles. The van der Waals surface area contributed by atoms with Crippen LogP contribution in [0.25, 0.3) is 22.6 Å². The van der Waals surface area contributed by atoms with Crippen LogP contribution in [0.5, 0.6) is 0 Å². The van der Waals surface area contributed by atoms with Gasteiger partial charge in [0.2, 0.25) is 0 Å². The third-order valence-electron chi connectivity index (χ3n) is 5.92. The van der Waals surface area contributed by atoms with Gasteiger partial charge in [-0.05, 0) is 24.3 Å². The van der Waals surface area contributed by atoms with Crippen molar-refractivity contribution in [1.82, 2.24) is 24.0 Å². The SMILES string of the molecule is Cn1c(=O)n(C(=O)N2CCN(c3ccc(C#N)cc3)CC2)c2cnc(-c3ccccc3)nc21. The zero-order chi connectivity index (χ0) is 22.9. The molecular formula is C24H21N7O2. The van der Waals surface area contributed by atoms with E-state index in [2.05, 4.69) is 20.9 Å². The third-order valence-corrected chi connectivity index (χ3v) is 5.92. The molecule has 0 aliphatic carbocycles. The van der Waals surface area contributed by atoms with E-state index in [1.54, 1.807) is 24.1 Å². The lowest BCUT2D eigenvalue weighted by molar-refractivity contribution is 0.196. The van der Waals surface area contributed by atoms with E-state index in [4.69, 9.17) is 5.26 Å². The van der Waals surface area contributed by atoms with Crippen molar-refractivity contribution in [3.63, 3.8) is 0 Å². The average Bonchev–Trinajstić information content (AvgIpc) is 3.13. The minimum absolute atomic E-state index is 0.374. The lowest BCUT2D eigenvalue weighted by atomic mass is 10.2. The van der Waals surface area contributed by atoms with Gasteiger partial charge >= 0.3 is 11.7 Å². The summed E-state index contributed by atoms with van der Waals surface area (Å²) in [4.78, 5) is 39.0. The zero-order valence-electron chi connectivity index (χ0n) is 18.0. The molecule has 0 saturated carbocycles. The number of fused-ring (bicyclic) bond motifs is 1. The summed E-state index contributed by atoms with van der Waals surface area (Å²) in [6.45, 7) is 2.22. The highest BCUT2D eigenvalue weighted by Gasteiger charge is 2.27. The highest BCUT2D eigenvalue weighted by molar-refractivity contribution is 5.88. The van der Waals surface area contributed by atoms with Gasteiger partial charge in [-0.1, -0.05) is 30.3 Å². The van der Waals surface area contributed by atoms with Gasteiger partial charge in [-0.15, -0.1) is 0 Å². The molecule has 9 heteroatoms. The van der Waals surface area contributed by atoms with Gasteiger partial charge in [-0.3, -0.25) is 4.57 Å². The second-order valence-electron chi connectivity index (χ2n) is 7.86. The third kappa shape index (κ3) is 3.61. The molecule has 33 heavy (non-hydrogen) atoms. The van der Waals surface area contributed by atoms with Crippen LogP contribution in [-0.4, -0.2) is 56.2 Å². The normalized spacial score (nSPS) is 13.8. The van der Waals surface area contributed by atoms with Gasteiger partial charge in [0.1, 0.15) is 5.52 Å². The van der Waals surface area contributed by atoms with Crippen LogP contribution < -0.4 is 10.6 Å². The van der Waals surface area contributed by atoms with Crippen LogP contribution in [0.3, 0.4) is 0 Å². The van der Waals surface area contributed by atoms with Crippen LogP contribution in [0.2, 0.25) is 0 Å². The Labute approximate surface area is 189 Å². The van der Waals surface area contributed by atoms with Gasteiger partial charge in [0, 0.05) is 44.5 Å². The first-order valence-corrected chi connectivity index (χ1v) is 10.6. The molecule has 2 aromatic heterocycles. The van der Waals surface area contributed by atoms with E-state index in [1.807, 2.05) is 42.5 Å². The number of aryl methyl sites for hydroxylation is 1. The van der Waals surface area contributed by atoms with Gasteiger partial charge in [-0.2, -0.15) is 5.26 Å². The Morgan fingerprint density at radius 3 is 2.36 bits per heavy atom. The summed E-state index contributed by atoms with van der Waals surface area (Å²) in [6, 6.07) is 18.6. The molecule has 0 unspecified atom stereocenters. The molecule has 1 fully saturated rings. The van der Waals surface area contributed by atoms with Crippen molar-refractivity contribution < 1.29 is 4.79 Å². The second-order valence-corrected chi connectivity index (χ2v) is 7.86. The fourth-order valence-electron chi connectivity index (χ4n) is 4.07. The number of carbonyl (C=O) groups is 1. The Balaban J connectivity index is 1.39. The Bertz CT molecular complexity index is 1420. The maximum absolute atomic E-state index is 13.3. The molecule has 0 bridgehead atoms. The first kappa shape index (κ1) is 20.5. The van der Waals surface area contributed by atoms with Crippen LogP contribution in [0.1, 0.15) is 5.56 Å². The number of imidazole rings is 1. The molecule has 1 amide bonds. The molecule has 3 heterocycles. The summed E-state index contributed by atoms with van der Waals surface area (Å²) in [7, 11) is 1.61. The number of nitriles is 1. The van der Waals surface area contributed by atoms with Crippen LogP contribution >= 0.6 is 0 Å². The number of nitrogens with zero attached hydrogens (tertiary/aromatic N) is 7. The summed E-state index contributed by atoms with van der Waals surface area (Å²) in [5.74, 6) is 0.499. The van der Waals surface area contributed by atoms with Gasteiger partial charge in [0.05, 0.1) is 17.8 Å². The maximum Gasteiger partial charge on any atom is 0.338 e. The van der Waals surface area contributed by atoms with E-state index >= 15 is 0 Å². The number of anilines is 1. The minimum atomic E-state index is -0.441. The maximum atomic E-state index is 13.3. The van der Waals surface area contributed by atoms with Gasteiger partial charge in [0.25, 0.3) is 0 Å². The number of hydrogen-bond donors (Lipinski definition) is 0. The van der Waals surface area contributed by atoms with E-state index in [0.29, 0.717) is 48.7 Å². The molecular weight excluding hydrogens is 418 g/mol. The first-order valence-electron chi connectivity index (χ1n) is 10.6. The summed E-state index contributed by atoms with van der Waals surface area (Å²) in [6.07, 6.45) is 1.54. The molecule has 1 aliphatic rings. The van der Waals surface area contributed by atoms with Crippen LogP contribution in [0, 0.1) is 11.3 Å². The molecule has 0 spiro atoms. The van der Waals surface area contributed by atoms with Gasteiger partial charge in [-0.25, -0.2) is 24.1 Å². The van der Waals surface area contributed by atoms with E-state index in [1.165, 1.54) is 10.8 Å². The molecule has 9 nitrogen and oxygen atoms in total. The van der Waals surface area contributed by atoms with E-state index < -0.39 is 5.69 Å². The highest BCUT2D eigenvalue weighted by atomic mass is 16.2. The number of hydrogen-bond acceptors (Lipinski definition) is 6. The molecule has 0 atom stereocenters. The number of amides is 1. The number of aromatic nitrogens is 4. The van der Waals surface area contributed by atoms with Gasteiger partial charge < -0.3 is 9.80 Å². The van der Waals surface area contributed by atoms with Crippen LogP contribution in [0.4, 0.5) is 10.5 Å². The summed E-state index contributed by atoms with van der Waals surface area (Å²) in [5, 5.41) is 8.97. The monoisotopic (exact) mass is 439 g/mol. The Morgan fingerprint density at radius 2 is 1.70 bits per heavy atom. The average molecular weight is 439 g/mol. The van der Waals surface area contributed by atoms with Crippen molar-refractivity contribution in [1.29, 1.82) is 5.26 Å². The Hall–Kier alpha value is -4.45. The fraction of sp³-hybridized carbons (Fsp3) is 0.208. The second kappa shape index (κ2) is 8.24. The standard InChI is InChI=1S/C24H21N7O2/c1-28-22-20(16-26-21(27-22)18-5-3-2-4-6-18)31(23(28)32)24(33)30-13-11-29(12-14-30)19-9-7-17(15-25)8-10-19/h2-10,16H,11-14H2,1H3. The summed E-state index contributed by atoms with van der Waals surface area (Å²) >= 11 is 0. The molecule has 0 radical (unpaired) electrons. The van der Waals surface area contributed by atoms with Crippen molar-refractivity contribution >= 4 is 22.9 Å². The predicted octanol–water partition coefficient (Wildman–Crippen LogP) is 2.46.